The molecule has 0 aliphatic heterocycles. The van der Waals surface area contributed by atoms with Gasteiger partial charge in [0.15, 0.2) is 0 Å². The second-order valence-corrected chi connectivity index (χ2v) is 4.95. The number of benzene rings is 1. The molecular weight excluding hydrogens is 260 g/mol. The maximum absolute atomic E-state index is 12.1. The molecule has 1 N–H and O–H groups in total. The molecule has 0 bridgehead atoms. The standard InChI is InChI=1S/C15H18O5/c1-19-14(17)12-7-11(16)8-13(12)15(18)20-9-10-5-3-2-4-6-10/h2-6,11-13,16H,7-9H2,1H3. The zero-order chi connectivity index (χ0) is 14.5. The zero-order valence-electron chi connectivity index (χ0n) is 11.3. The Morgan fingerprint density at radius 3 is 2.35 bits per heavy atom. The fourth-order valence-electron chi connectivity index (χ4n) is 2.52. The molecule has 0 aromatic heterocycles. The van der Waals surface area contributed by atoms with Crippen molar-refractivity contribution in [3.63, 3.8) is 0 Å². The number of rotatable bonds is 4. The molecule has 1 aliphatic carbocycles. The Labute approximate surface area is 117 Å². The summed E-state index contributed by atoms with van der Waals surface area (Å²) in [4.78, 5) is 23.7. The molecule has 1 saturated carbocycles. The Morgan fingerprint density at radius 2 is 1.75 bits per heavy atom. The Balaban J connectivity index is 1.95. The predicted octanol–water partition coefficient (Wildman–Crippen LogP) is 1.29. The summed E-state index contributed by atoms with van der Waals surface area (Å²) < 4.78 is 9.90. The van der Waals surface area contributed by atoms with Crippen LogP contribution in [0.3, 0.4) is 0 Å². The molecule has 1 aliphatic rings. The molecule has 1 fully saturated rings. The number of hydrogen-bond acceptors (Lipinski definition) is 5. The molecule has 0 spiro atoms. The molecule has 3 atom stereocenters. The lowest BCUT2D eigenvalue weighted by Crippen LogP contribution is -2.27. The summed E-state index contributed by atoms with van der Waals surface area (Å²) in [6, 6.07) is 9.31. The molecule has 0 heterocycles. The molecule has 1 aromatic carbocycles. The van der Waals surface area contributed by atoms with Crippen molar-refractivity contribution in [3.8, 4) is 0 Å². The summed E-state index contributed by atoms with van der Waals surface area (Å²) in [6.45, 7) is 0.167. The first-order chi connectivity index (χ1) is 9.61. The Kier molecular flexibility index (Phi) is 4.74. The summed E-state index contributed by atoms with van der Waals surface area (Å²) in [5.74, 6) is -2.16. The second-order valence-electron chi connectivity index (χ2n) is 4.95. The molecule has 5 nitrogen and oxygen atoms in total. The van der Waals surface area contributed by atoms with Crippen molar-refractivity contribution < 1.29 is 24.2 Å². The highest BCUT2D eigenvalue weighted by molar-refractivity contribution is 5.82. The largest absolute Gasteiger partial charge is 0.469 e. The zero-order valence-corrected chi connectivity index (χ0v) is 11.3. The Morgan fingerprint density at radius 1 is 1.15 bits per heavy atom. The summed E-state index contributed by atoms with van der Waals surface area (Å²) >= 11 is 0. The van der Waals surface area contributed by atoms with Crippen LogP contribution in [0.4, 0.5) is 0 Å². The van der Waals surface area contributed by atoms with Gasteiger partial charge in [0.1, 0.15) is 6.61 Å². The maximum atomic E-state index is 12.1. The van der Waals surface area contributed by atoms with E-state index in [1.165, 1.54) is 7.11 Å². The van der Waals surface area contributed by atoms with Crippen molar-refractivity contribution in [2.75, 3.05) is 7.11 Å². The number of aliphatic hydroxyl groups excluding tert-OH is 1. The van der Waals surface area contributed by atoms with E-state index in [9.17, 15) is 14.7 Å². The van der Waals surface area contributed by atoms with E-state index in [0.717, 1.165) is 5.56 Å². The number of carbonyl (C=O) groups excluding carboxylic acids is 2. The van der Waals surface area contributed by atoms with Gasteiger partial charge in [0, 0.05) is 0 Å². The molecule has 20 heavy (non-hydrogen) atoms. The van der Waals surface area contributed by atoms with E-state index in [2.05, 4.69) is 4.74 Å². The molecule has 5 heteroatoms. The lowest BCUT2D eigenvalue weighted by atomic mass is 9.96. The average Bonchev–Trinajstić information content (AvgIpc) is 2.87. The number of carbonyl (C=O) groups is 2. The van der Waals surface area contributed by atoms with E-state index in [0.29, 0.717) is 0 Å². The fourth-order valence-corrected chi connectivity index (χ4v) is 2.52. The number of ether oxygens (including phenoxy) is 2. The summed E-state index contributed by atoms with van der Waals surface area (Å²) in [5, 5.41) is 9.63. The minimum absolute atomic E-state index is 0.167. The first-order valence-corrected chi connectivity index (χ1v) is 6.58. The minimum Gasteiger partial charge on any atom is -0.469 e. The number of hydrogen-bond donors (Lipinski definition) is 1. The number of esters is 2. The average molecular weight is 278 g/mol. The third kappa shape index (κ3) is 3.36. The highest BCUT2D eigenvalue weighted by atomic mass is 16.5. The molecule has 0 radical (unpaired) electrons. The molecule has 0 saturated heterocycles. The van der Waals surface area contributed by atoms with E-state index in [4.69, 9.17) is 4.74 Å². The highest BCUT2D eigenvalue weighted by Crippen LogP contribution is 2.34. The van der Waals surface area contributed by atoms with Crippen molar-refractivity contribution in [1.29, 1.82) is 0 Å². The SMILES string of the molecule is COC(=O)C1CC(O)CC1C(=O)OCc1ccccc1. The number of methoxy groups -OCH3 is 1. The third-order valence-electron chi connectivity index (χ3n) is 3.57. The van der Waals surface area contributed by atoms with E-state index in [-0.39, 0.29) is 19.4 Å². The van der Waals surface area contributed by atoms with Crippen molar-refractivity contribution in [3.05, 3.63) is 35.9 Å². The van der Waals surface area contributed by atoms with Crippen molar-refractivity contribution in [1.82, 2.24) is 0 Å². The van der Waals surface area contributed by atoms with Gasteiger partial charge < -0.3 is 14.6 Å². The van der Waals surface area contributed by atoms with Crippen LogP contribution in [-0.2, 0) is 25.7 Å². The van der Waals surface area contributed by atoms with Crippen LogP contribution in [0.15, 0.2) is 30.3 Å². The highest BCUT2D eigenvalue weighted by Gasteiger charge is 2.43. The van der Waals surface area contributed by atoms with Crippen LogP contribution in [0.2, 0.25) is 0 Å². The molecule has 108 valence electrons. The Bertz CT molecular complexity index is 470. The lowest BCUT2D eigenvalue weighted by Gasteiger charge is -2.15. The topological polar surface area (TPSA) is 72.8 Å². The van der Waals surface area contributed by atoms with E-state index < -0.39 is 29.9 Å². The molecule has 0 amide bonds. The molecule has 3 unspecified atom stereocenters. The van der Waals surface area contributed by atoms with Gasteiger partial charge in [-0.1, -0.05) is 30.3 Å². The smallest absolute Gasteiger partial charge is 0.310 e. The predicted molar refractivity (Wildman–Crippen MR) is 70.5 cm³/mol. The summed E-state index contributed by atoms with van der Waals surface area (Å²) in [7, 11) is 1.28. The van der Waals surface area contributed by atoms with Gasteiger partial charge in [-0.15, -0.1) is 0 Å². The van der Waals surface area contributed by atoms with Gasteiger partial charge in [-0.05, 0) is 18.4 Å². The fraction of sp³-hybridized carbons (Fsp3) is 0.467. The van der Waals surface area contributed by atoms with Crippen molar-refractivity contribution >= 4 is 11.9 Å². The van der Waals surface area contributed by atoms with Gasteiger partial charge in [-0.25, -0.2) is 0 Å². The van der Waals surface area contributed by atoms with Gasteiger partial charge >= 0.3 is 11.9 Å². The van der Waals surface area contributed by atoms with Gasteiger partial charge in [-0.2, -0.15) is 0 Å². The van der Waals surface area contributed by atoms with Gasteiger partial charge in [-0.3, -0.25) is 9.59 Å². The lowest BCUT2D eigenvalue weighted by molar-refractivity contribution is -0.158. The minimum atomic E-state index is -0.659. The summed E-state index contributed by atoms with van der Waals surface area (Å²) in [5.41, 5.74) is 0.883. The third-order valence-corrected chi connectivity index (χ3v) is 3.57. The number of aliphatic hydroxyl groups is 1. The van der Waals surface area contributed by atoms with Gasteiger partial charge in [0.25, 0.3) is 0 Å². The van der Waals surface area contributed by atoms with Gasteiger partial charge in [0.2, 0.25) is 0 Å². The quantitative estimate of drug-likeness (QED) is 0.840. The second kappa shape index (κ2) is 6.52. The van der Waals surface area contributed by atoms with E-state index in [1.54, 1.807) is 0 Å². The monoisotopic (exact) mass is 278 g/mol. The normalized spacial score (nSPS) is 25.2. The maximum Gasteiger partial charge on any atom is 0.310 e. The van der Waals surface area contributed by atoms with E-state index >= 15 is 0 Å². The van der Waals surface area contributed by atoms with Crippen LogP contribution in [0.1, 0.15) is 18.4 Å². The summed E-state index contributed by atoms with van der Waals surface area (Å²) in [6.07, 6.45) is -0.168. The van der Waals surface area contributed by atoms with Crippen LogP contribution in [-0.4, -0.2) is 30.3 Å². The van der Waals surface area contributed by atoms with Crippen molar-refractivity contribution in [2.24, 2.45) is 11.8 Å². The van der Waals surface area contributed by atoms with Gasteiger partial charge in [0.05, 0.1) is 25.0 Å². The first kappa shape index (κ1) is 14.5. The van der Waals surface area contributed by atoms with Crippen LogP contribution in [0, 0.1) is 11.8 Å². The van der Waals surface area contributed by atoms with Crippen LogP contribution < -0.4 is 0 Å². The van der Waals surface area contributed by atoms with Crippen molar-refractivity contribution in [2.45, 2.75) is 25.6 Å². The molecule has 2 rings (SSSR count). The van der Waals surface area contributed by atoms with Crippen LogP contribution in [0.25, 0.3) is 0 Å². The first-order valence-electron chi connectivity index (χ1n) is 6.58. The van der Waals surface area contributed by atoms with E-state index in [1.807, 2.05) is 30.3 Å². The van der Waals surface area contributed by atoms with Crippen LogP contribution >= 0.6 is 0 Å². The molecular formula is C15H18O5. The Hall–Kier alpha value is -1.88. The van der Waals surface area contributed by atoms with Crippen LogP contribution in [0.5, 0.6) is 0 Å². The molecule has 1 aromatic rings.